The van der Waals surface area contributed by atoms with Crippen molar-refractivity contribution in [2.24, 2.45) is 13.0 Å². The molecule has 3 aromatic rings. The number of rotatable bonds is 4. The van der Waals surface area contributed by atoms with Crippen molar-refractivity contribution in [1.29, 1.82) is 0 Å². The summed E-state index contributed by atoms with van der Waals surface area (Å²) in [6, 6.07) is 2.03. The van der Waals surface area contributed by atoms with Gasteiger partial charge in [-0.15, -0.1) is 5.10 Å². The molecular formula is C14H18N6OS. The molecule has 0 unspecified atom stereocenters. The normalized spacial score (nSPS) is 21.7. The molecule has 2 atom stereocenters. The summed E-state index contributed by atoms with van der Waals surface area (Å²) in [6.45, 7) is 3.61. The van der Waals surface area contributed by atoms with Gasteiger partial charge in [-0.2, -0.15) is 5.10 Å². The van der Waals surface area contributed by atoms with Crippen LogP contribution in [0.5, 0.6) is 0 Å². The zero-order chi connectivity index (χ0) is 15.1. The number of nitrogens with zero attached hydrogens (tertiary/aromatic N) is 5. The van der Waals surface area contributed by atoms with Crippen LogP contribution in [0.15, 0.2) is 18.5 Å². The maximum atomic E-state index is 5.90. The Hall–Kier alpha value is -1.93. The number of imidazole rings is 1. The topological polar surface area (TPSA) is 69.3 Å². The van der Waals surface area contributed by atoms with E-state index in [4.69, 9.17) is 4.74 Å². The molecule has 8 heteroatoms. The van der Waals surface area contributed by atoms with Gasteiger partial charge in [0.15, 0.2) is 0 Å². The average Bonchev–Trinajstić information content (AvgIpc) is 3.19. The van der Waals surface area contributed by atoms with Crippen molar-refractivity contribution in [2.75, 3.05) is 18.5 Å². The van der Waals surface area contributed by atoms with E-state index in [1.807, 2.05) is 41.6 Å². The van der Waals surface area contributed by atoms with Crippen LogP contribution < -0.4 is 5.32 Å². The number of aryl methyl sites for hydroxylation is 2. The van der Waals surface area contributed by atoms with Gasteiger partial charge < -0.3 is 10.1 Å². The number of hydrogen-bond donors (Lipinski definition) is 1. The van der Waals surface area contributed by atoms with E-state index in [2.05, 4.69) is 20.5 Å². The lowest BCUT2D eigenvalue weighted by Gasteiger charge is -2.18. The fourth-order valence-corrected chi connectivity index (χ4v) is 3.77. The molecule has 0 amide bonds. The van der Waals surface area contributed by atoms with Crippen molar-refractivity contribution in [1.82, 2.24) is 24.4 Å². The Morgan fingerprint density at radius 1 is 1.50 bits per heavy atom. The van der Waals surface area contributed by atoms with Crippen LogP contribution in [0.1, 0.15) is 23.9 Å². The molecule has 1 fully saturated rings. The van der Waals surface area contributed by atoms with Crippen molar-refractivity contribution < 1.29 is 4.74 Å². The molecule has 0 aliphatic carbocycles. The lowest BCUT2D eigenvalue weighted by atomic mass is 9.99. The first-order chi connectivity index (χ1) is 10.7. The Bertz CT molecular complexity index is 759. The number of fused-ring (bicyclic) bond motifs is 1. The quantitative estimate of drug-likeness (QED) is 0.797. The molecule has 0 bridgehead atoms. The van der Waals surface area contributed by atoms with Crippen molar-refractivity contribution in [3.05, 3.63) is 29.8 Å². The molecule has 1 aliphatic heterocycles. The predicted molar refractivity (Wildman–Crippen MR) is 84.1 cm³/mol. The number of ether oxygens (including phenoxy) is 1. The third-order valence-corrected chi connectivity index (χ3v) is 4.92. The van der Waals surface area contributed by atoms with Crippen LogP contribution in [-0.4, -0.2) is 37.5 Å². The third-order valence-electron chi connectivity index (χ3n) is 4.04. The van der Waals surface area contributed by atoms with E-state index in [1.54, 1.807) is 11.3 Å². The summed E-state index contributed by atoms with van der Waals surface area (Å²) < 4.78 is 9.62. The number of aromatic nitrogens is 5. The molecule has 4 heterocycles. The van der Waals surface area contributed by atoms with Crippen LogP contribution in [0.3, 0.4) is 0 Å². The first-order valence-electron chi connectivity index (χ1n) is 7.37. The molecular weight excluding hydrogens is 300 g/mol. The maximum absolute atomic E-state index is 5.90. The second-order valence-corrected chi connectivity index (χ2v) is 6.57. The highest BCUT2D eigenvalue weighted by Crippen LogP contribution is 2.34. The summed E-state index contributed by atoms with van der Waals surface area (Å²) in [5.41, 5.74) is 2.12. The average molecular weight is 318 g/mol. The van der Waals surface area contributed by atoms with Crippen molar-refractivity contribution in [2.45, 2.75) is 19.4 Å². The van der Waals surface area contributed by atoms with Crippen molar-refractivity contribution >= 4 is 21.4 Å². The lowest BCUT2D eigenvalue weighted by molar-refractivity contribution is 0.0866. The highest BCUT2D eigenvalue weighted by Gasteiger charge is 2.31. The Morgan fingerprint density at radius 3 is 3.18 bits per heavy atom. The molecule has 0 spiro atoms. The standard InChI is InChI=1S/C14H18N6OS/c1-9-8-20-14(17-9)22-13(18-20)15-7-10-4-6-21-12(10)11-3-5-16-19(11)2/h3,5,8,10,12H,4,6-7H2,1-2H3,(H,15,18)/t10-,12+/m0/s1. The van der Waals surface area contributed by atoms with Crippen LogP contribution in [-0.2, 0) is 11.8 Å². The second-order valence-electron chi connectivity index (χ2n) is 5.62. The molecule has 1 N–H and O–H groups in total. The van der Waals surface area contributed by atoms with E-state index in [0.29, 0.717) is 5.92 Å². The highest BCUT2D eigenvalue weighted by atomic mass is 32.1. The zero-order valence-electron chi connectivity index (χ0n) is 12.6. The minimum absolute atomic E-state index is 0.103. The molecule has 4 rings (SSSR count). The summed E-state index contributed by atoms with van der Waals surface area (Å²) >= 11 is 1.57. The zero-order valence-corrected chi connectivity index (χ0v) is 13.4. The number of anilines is 1. The largest absolute Gasteiger partial charge is 0.372 e. The van der Waals surface area contributed by atoms with Gasteiger partial charge in [-0.1, -0.05) is 11.3 Å². The second kappa shape index (κ2) is 5.36. The molecule has 0 aromatic carbocycles. The van der Waals surface area contributed by atoms with Gasteiger partial charge in [-0.25, -0.2) is 9.50 Å². The lowest BCUT2D eigenvalue weighted by Crippen LogP contribution is -2.19. The smallest absolute Gasteiger partial charge is 0.214 e. The molecule has 1 saturated heterocycles. The van der Waals surface area contributed by atoms with Gasteiger partial charge in [-0.3, -0.25) is 4.68 Å². The van der Waals surface area contributed by atoms with Gasteiger partial charge in [0.25, 0.3) is 0 Å². The van der Waals surface area contributed by atoms with E-state index in [-0.39, 0.29) is 6.10 Å². The maximum Gasteiger partial charge on any atom is 0.214 e. The third kappa shape index (κ3) is 2.38. The molecule has 22 heavy (non-hydrogen) atoms. The molecule has 0 saturated carbocycles. The summed E-state index contributed by atoms with van der Waals surface area (Å²) in [5.74, 6) is 0.424. The van der Waals surface area contributed by atoms with Crippen LogP contribution in [0.2, 0.25) is 0 Å². The Kier molecular flexibility index (Phi) is 3.34. The summed E-state index contributed by atoms with van der Waals surface area (Å²) in [7, 11) is 1.96. The molecule has 3 aromatic heterocycles. The van der Waals surface area contributed by atoms with Gasteiger partial charge in [-0.05, 0) is 19.4 Å². The minimum atomic E-state index is 0.103. The molecule has 0 radical (unpaired) electrons. The first kappa shape index (κ1) is 13.7. The van der Waals surface area contributed by atoms with Crippen LogP contribution in [0.4, 0.5) is 5.13 Å². The number of hydrogen-bond acceptors (Lipinski definition) is 6. The van der Waals surface area contributed by atoms with Gasteiger partial charge in [0.05, 0.1) is 17.6 Å². The highest BCUT2D eigenvalue weighted by molar-refractivity contribution is 7.20. The van der Waals surface area contributed by atoms with Crippen LogP contribution in [0.25, 0.3) is 4.96 Å². The Morgan fingerprint density at radius 2 is 2.41 bits per heavy atom. The van der Waals surface area contributed by atoms with E-state index < -0.39 is 0 Å². The Labute approximate surface area is 131 Å². The summed E-state index contributed by atoms with van der Waals surface area (Å²) in [4.78, 5) is 5.35. The van der Waals surface area contributed by atoms with Crippen LogP contribution >= 0.6 is 11.3 Å². The van der Waals surface area contributed by atoms with Crippen molar-refractivity contribution in [3.8, 4) is 0 Å². The molecule has 1 aliphatic rings. The minimum Gasteiger partial charge on any atom is -0.372 e. The molecule has 7 nitrogen and oxygen atoms in total. The van der Waals surface area contributed by atoms with E-state index in [1.165, 1.54) is 0 Å². The van der Waals surface area contributed by atoms with Gasteiger partial charge in [0.1, 0.15) is 6.10 Å². The Balaban J connectivity index is 1.46. The van der Waals surface area contributed by atoms with E-state index in [9.17, 15) is 0 Å². The summed E-state index contributed by atoms with van der Waals surface area (Å²) in [6.07, 6.45) is 4.91. The number of nitrogens with one attached hydrogen (secondary N) is 1. The SMILES string of the molecule is Cc1cn2nc(NC[C@@H]3CCO[C@H]3c3ccnn3C)sc2n1. The first-order valence-corrected chi connectivity index (χ1v) is 8.18. The van der Waals surface area contributed by atoms with E-state index in [0.717, 1.165) is 41.1 Å². The predicted octanol–water partition coefficient (Wildman–Crippen LogP) is 2.02. The van der Waals surface area contributed by atoms with Gasteiger partial charge in [0.2, 0.25) is 10.1 Å². The van der Waals surface area contributed by atoms with E-state index >= 15 is 0 Å². The molecule has 116 valence electrons. The fraction of sp³-hybridized carbons (Fsp3) is 0.500. The monoisotopic (exact) mass is 318 g/mol. The summed E-state index contributed by atoms with van der Waals surface area (Å²) in [5, 5.41) is 13.1. The van der Waals surface area contributed by atoms with Crippen LogP contribution in [0, 0.1) is 12.8 Å². The fourth-order valence-electron chi connectivity index (χ4n) is 2.93. The van der Waals surface area contributed by atoms with Gasteiger partial charge in [0, 0.05) is 32.3 Å². The van der Waals surface area contributed by atoms with Gasteiger partial charge >= 0.3 is 0 Å². The van der Waals surface area contributed by atoms with Crippen molar-refractivity contribution in [3.63, 3.8) is 0 Å².